The molecule has 0 aliphatic rings. The first kappa shape index (κ1) is 18.0. The second-order valence-corrected chi connectivity index (χ2v) is 6.22. The summed E-state index contributed by atoms with van der Waals surface area (Å²) in [4.78, 5) is 25.8. The van der Waals surface area contributed by atoms with Crippen LogP contribution in [-0.4, -0.2) is 36.6 Å². The number of nitrogens with zero attached hydrogens (tertiary/aromatic N) is 1. The zero-order valence-electron chi connectivity index (χ0n) is 13.6. The van der Waals surface area contributed by atoms with Gasteiger partial charge in [-0.05, 0) is 42.2 Å². The lowest BCUT2D eigenvalue weighted by molar-refractivity contribution is -0.116. The van der Waals surface area contributed by atoms with Gasteiger partial charge in [0.15, 0.2) is 0 Å². The van der Waals surface area contributed by atoms with E-state index < -0.39 is 5.82 Å². The van der Waals surface area contributed by atoms with Gasteiger partial charge < -0.3 is 10.2 Å². The summed E-state index contributed by atoms with van der Waals surface area (Å²) in [6, 6.07) is 13.0. The van der Waals surface area contributed by atoms with Crippen LogP contribution in [0.1, 0.15) is 15.9 Å². The predicted molar refractivity (Wildman–Crippen MR) is 95.7 cm³/mol. The first-order valence-corrected chi connectivity index (χ1v) is 8.77. The van der Waals surface area contributed by atoms with Crippen LogP contribution < -0.4 is 5.32 Å². The molecular formula is C18H19FN2O2S. The summed E-state index contributed by atoms with van der Waals surface area (Å²) in [6.07, 6.45) is 2.00. The number of carbonyl (C=O) groups is 2. The lowest BCUT2D eigenvalue weighted by atomic mass is 10.1. The Labute approximate surface area is 145 Å². The second-order valence-electron chi connectivity index (χ2n) is 5.35. The van der Waals surface area contributed by atoms with E-state index in [1.165, 1.54) is 23.1 Å². The molecular weight excluding hydrogens is 327 g/mol. The second kappa shape index (κ2) is 8.49. The van der Waals surface area contributed by atoms with E-state index in [9.17, 15) is 14.0 Å². The molecule has 4 nitrogen and oxygen atoms in total. The fourth-order valence-corrected chi connectivity index (χ4v) is 2.75. The summed E-state index contributed by atoms with van der Waals surface area (Å²) in [5, 5.41) is 2.58. The summed E-state index contributed by atoms with van der Waals surface area (Å²) in [7, 11) is 1.56. The molecule has 0 saturated carbocycles. The van der Waals surface area contributed by atoms with Crippen LogP contribution in [0.15, 0.2) is 48.5 Å². The molecule has 6 heteroatoms. The highest BCUT2D eigenvalue weighted by Crippen LogP contribution is 2.13. The highest BCUT2D eigenvalue weighted by Gasteiger charge is 2.15. The van der Waals surface area contributed by atoms with Crippen LogP contribution in [0.3, 0.4) is 0 Å². The minimum Gasteiger partial charge on any atom is -0.332 e. The van der Waals surface area contributed by atoms with Crippen LogP contribution in [-0.2, 0) is 10.5 Å². The fraction of sp³-hybridized carbons (Fsp3) is 0.222. The van der Waals surface area contributed by atoms with Crippen LogP contribution in [0.25, 0.3) is 0 Å². The molecule has 0 aliphatic heterocycles. The molecule has 0 bridgehead atoms. The minimum atomic E-state index is -0.428. The third kappa shape index (κ3) is 5.09. The molecule has 2 aromatic carbocycles. The van der Waals surface area contributed by atoms with Crippen molar-refractivity contribution in [2.75, 3.05) is 25.2 Å². The van der Waals surface area contributed by atoms with E-state index in [-0.39, 0.29) is 18.4 Å². The summed E-state index contributed by atoms with van der Waals surface area (Å²) in [5.74, 6) is -0.211. The molecule has 0 spiro atoms. The quantitative estimate of drug-likeness (QED) is 0.872. The van der Waals surface area contributed by atoms with Gasteiger partial charge in [-0.1, -0.05) is 18.2 Å². The molecule has 24 heavy (non-hydrogen) atoms. The Kier molecular flexibility index (Phi) is 6.37. The lowest BCUT2D eigenvalue weighted by Crippen LogP contribution is -2.35. The number of hydrogen-bond acceptors (Lipinski definition) is 3. The lowest BCUT2D eigenvalue weighted by Gasteiger charge is -2.17. The molecule has 0 aromatic heterocycles. The monoisotopic (exact) mass is 346 g/mol. The summed E-state index contributed by atoms with van der Waals surface area (Å²) < 4.78 is 13.1. The molecule has 1 N–H and O–H groups in total. The number of rotatable bonds is 6. The Balaban J connectivity index is 1.98. The fourth-order valence-electron chi connectivity index (χ4n) is 2.24. The Bertz CT molecular complexity index is 736. The van der Waals surface area contributed by atoms with Crippen molar-refractivity contribution in [1.29, 1.82) is 0 Å². The third-order valence-corrected chi connectivity index (χ3v) is 3.94. The zero-order chi connectivity index (χ0) is 17.5. The maximum absolute atomic E-state index is 13.1. The van der Waals surface area contributed by atoms with Gasteiger partial charge in [0, 0.05) is 24.1 Å². The smallest absolute Gasteiger partial charge is 0.254 e. The van der Waals surface area contributed by atoms with Gasteiger partial charge in [-0.25, -0.2) is 4.39 Å². The molecule has 126 valence electrons. The van der Waals surface area contributed by atoms with Gasteiger partial charge in [0.2, 0.25) is 5.91 Å². The van der Waals surface area contributed by atoms with Gasteiger partial charge in [-0.2, -0.15) is 11.8 Å². The van der Waals surface area contributed by atoms with E-state index in [4.69, 9.17) is 0 Å². The van der Waals surface area contributed by atoms with E-state index in [0.29, 0.717) is 11.3 Å². The van der Waals surface area contributed by atoms with Gasteiger partial charge in [-0.15, -0.1) is 0 Å². The van der Waals surface area contributed by atoms with Gasteiger partial charge in [0.25, 0.3) is 5.91 Å². The maximum Gasteiger partial charge on any atom is 0.254 e. The van der Waals surface area contributed by atoms with Crippen molar-refractivity contribution in [2.24, 2.45) is 0 Å². The van der Waals surface area contributed by atoms with E-state index >= 15 is 0 Å². The third-order valence-electron chi connectivity index (χ3n) is 3.32. The number of benzene rings is 2. The largest absolute Gasteiger partial charge is 0.332 e. The van der Waals surface area contributed by atoms with Crippen molar-refractivity contribution in [3.05, 3.63) is 65.5 Å². The molecule has 2 amide bonds. The number of anilines is 1. The Morgan fingerprint density at radius 3 is 2.62 bits per heavy atom. The van der Waals surface area contributed by atoms with Gasteiger partial charge in [0.1, 0.15) is 5.82 Å². The van der Waals surface area contributed by atoms with Crippen LogP contribution in [0.4, 0.5) is 10.1 Å². The van der Waals surface area contributed by atoms with Crippen molar-refractivity contribution < 1.29 is 14.0 Å². The van der Waals surface area contributed by atoms with Crippen LogP contribution >= 0.6 is 11.8 Å². The van der Waals surface area contributed by atoms with Crippen LogP contribution in [0.5, 0.6) is 0 Å². The van der Waals surface area contributed by atoms with Crippen molar-refractivity contribution in [2.45, 2.75) is 5.75 Å². The van der Waals surface area contributed by atoms with Crippen molar-refractivity contribution in [3.63, 3.8) is 0 Å². The number of likely N-dealkylation sites (N-methyl/N-ethyl adjacent to an activating group) is 1. The van der Waals surface area contributed by atoms with Crippen molar-refractivity contribution in [3.8, 4) is 0 Å². The minimum absolute atomic E-state index is 0.109. The summed E-state index contributed by atoms with van der Waals surface area (Å²) in [6.45, 7) is -0.109. The maximum atomic E-state index is 13.1. The Morgan fingerprint density at radius 1 is 1.17 bits per heavy atom. The van der Waals surface area contributed by atoms with Gasteiger partial charge in [0.05, 0.1) is 6.54 Å². The Hall–Kier alpha value is -2.34. The number of hydrogen-bond donors (Lipinski definition) is 1. The number of amides is 2. The van der Waals surface area contributed by atoms with Gasteiger partial charge >= 0.3 is 0 Å². The van der Waals surface area contributed by atoms with Gasteiger partial charge in [-0.3, -0.25) is 9.59 Å². The van der Waals surface area contributed by atoms with Crippen LogP contribution in [0.2, 0.25) is 0 Å². The standard InChI is InChI=1S/C18H19FN2O2S/c1-21(11-17(22)20-16-8-4-7-15(19)10-16)18(23)14-6-3-5-13(9-14)12-24-2/h3-10H,11-12H2,1-2H3,(H,20,22). The number of nitrogens with one attached hydrogen (secondary N) is 1. The average Bonchev–Trinajstić information content (AvgIpc) is 2.54. The SMILES string of the molecule is CSCc1cccc(C(=O)N(C)CC(=O)Nc2cccc(F)c2)c1. The first-order chi connectivity index (χ1) is 11.5. The molecule has 0 fully saturated rings. The molecule has 2 rings (SSSR count). The predicted octanol–water partition coefficient (Wildman–Crippen LogP) is 3.40. The number of thioether (sulfide) groups is 1. The van der Waals surface area contributed by atoms with Crippen molar-refractivity contribution in [1.82, 2.24) is 4.90 Å². The normalized spacial score (nSPS) is 10.3. The van der Waals surface area contributed by atoms with E-state index in [1.807, 2.05) is 24.5 Å². The first-order valence-electron chi connectivity index (χ1n) is 7.38. The molecule has 0 unspecified atom stereocenters. The van der Waals surface area contributed by atoms with Crippen molar-refractivity contribution >= 4 is 29.3 Å². The summed E-state index contributed by atoms with van der Waals surface area (Å²) in [5.41, 5.74) is 1.97. The summed E-state index contributed by atoms with van der Waals surface area (Å²) >= 11 is 1.68. The molecule has 2 aromatic rings. The molecule has 0 saturated heterocycles. The van der Waals surface area contributed by atoms with E-state index in [0.717, 1.165) is 11.3 Å². The average molecular weight is 346 g/mol. The number of carbonyl (C=O) groups excluding carboxylic acids is 2. The highest BCUT2D eigenvalue weighted by molar-refractivity contribution is 7.97. The molecule has 0 radical (unpaired) electrons. The zero-order valence-corrected chi connectivity index (χ0v) is 14.4. The molecule has 0 heterocycles. The highest BCUT2D eigenvalue weighted by atomic mass is 32.2. The van der Waals surface area contributed by atoms with Crippen LogP contribution in [0, 0.1) is 5.82 Å². The number of halogens is 1. The Morgan fingerprint density at radius 2 is 1.92 bits per heavy atom. The molecule has 0 aliphatic carbocycles. The molecule has 0 atom stereocenters. The van der Waals surface area contributed by atoms with E-state index in [2.05, 4.69) is 5.32 Å². The van der Waals surface area contributed by atoms with E-state index in [1.54, 1.807) is 30.9 Å². The topological polar surface area (TPSA) is 49.4 Å².